The molecule has 1 aliphatic rings. The summed E-state index contributed by atoms with van der Waals surface area (Å²) >= 11 is 1.20. The maximum absolute atomic E-state index is 13.0. The minimum Gasteiger partial charge on any atom is -0.439 e. The molecule has 136 valence electrons. The first-order chi connectivity index (χ1) is 12.4. The average molecular weight is 379 g/mol. The summed E-state index contributed by atoms with van der Waals surface area (Å²) in [7, 11) is 0. The second kappa shape index (κ2) is 6.46. The maximum Gasteiger partial charge on any atom is 0.416 e. The van der Waals surface area contributed by atoms with Crippen LogP contribution in [0.1, 0.15) is 24.8 Å². The summed E-state index contributed by atoms with van der Waals surface area (Å²) in [5.74, 6) is 0.494. The maximum atomic E-state index is 13.0. The number of fused-ring (bicyclic) bond motifs is 1. The van der Waals surface area contributed by atoms with Crippen LogP contribution in [0.15, 0.2) is 44.9 Å². The first kappa shape index (κ1) is 17.1. The highest BCUT2D eigenvalue weighted by molar-refractivity contribution is 7.17. The smallest absolute Gasteiger partial charge is 0.416 e. The van der Waals surface area contributed by atoms with E-state index in [-0.39, 0.29) is 5.43 Å². The van der Waals surface area contributed by atoms with E-state index in [1.807, 2.05) is 4.90 Å². The van der Waals surface area contributed by atoms with E-state index in [9.17, 15) is 18.0 Å². The fraction of sp³-hybridized carbons (Fsp3) is 0.316. The Morgan fingerprint density at radius 2 is 1.85 bits per heavy atom. The van der Waals surface area contributed by atoms with Gasteiger partial charge in [0.1, 0.15) is 4.70 Å². The molecule has 0 spiro atoms. The highest BCUT2D eigenvalue weighted by Gasteiger charge is 2.30. The van der Waals surface area contributed by atoms with E-state index in [2.05, 4.69) is 0 Å². The van der Waals surface area contributed by atoms with Crippen LogP contribution in [0, 0.1) is 0 Å². The number of hydrogen-bond donors (Lipinski definition) is 0. The third-order valence-electron chi connectivity index (χ3n) is 4.60. The first-order valence-corrected chi connectivity index (χ1v) is 9.29. The number of hydrogen-bond acceptors (Lipinski definition) is 4. The Balaban J connectivity index is 1.84. The Labute approximate surface area is 151 Å². The lowest BCUT2D eigenvalue weighted by Gasteiger charge is -2.26. The number of benzene rings is 1. The summed E-state index contributed by atoms with van der Waals surface area (Å²) in [4.78, 5) is 14.5. The van der Waals surface area contributed by atoms with Crippen molar-refractivity contribution in [1.82, 2.24) is 0 Å². The Morgan fingerprint density at radius 3 is 2.58 bits per heavy atom. The van der Waals surface area contributed by atoms with Crippen molar-refractivity contribution in [2.24, 2.45) is 0 Å². The molecular formula is C19H16F3NO2S. The van der Waals surface area contributed by atoms with Gasteiger partial charge < -0.3 is 9.32 Å². The SMILES string of the molecule is O=c1cc(N2CCCCC2)oc2c(-c3cccc(C(F)(F)F)c3)csc12. The van der Waals surface area contributed by atoms with E-state index in [0.29, 0.717) is 27.3 Å². The van der Waals surface area contributed by atoms with Crippen LogP contribution in [0.3, 0.4) is 0 Å². The van der Waals surface area contributed by atoms with E-state index in [1.165, 1.54) is 23.5 Å². The predicted octanol–water partition coefficient (Wildman–Crippen LogP) is 5.53. The highest BCUT2D eigenvalue weighted by Crippen LogP contribution is 2.37. The molecule has 1 aliphatic heterocycles. The van der Waals surface area contributed by atoms with Crippen molar-refractivity contribution < 1.29 is 17.6 Å². The van der Waals surface area contributed by atoms with Crippen LogP contribution < -0.4 is 10.3 Å². The largest absolute Gasteiger partial charge is 0.439 e. The fourth-order valence-corrected chi connectivity index (χ4v) is 4.18. The van der Waals surface area contributed by atoms with Gasteiger partial charge in [0.05, 0.1) is 5.56 Å². The quantitative estimate of drug-likeness (QED) is 0.587. The van der Waals surface area contributed by atoms with Gasteiger partial charge in [0, 0.05) is 30.1 Å². The van der Waals surface area contributed by atoms with Gasteiger partial charge in [-0.1, -0.05) is 12.1 Å². The molecule has 3 aromatic rings. The number of nitrogens with zero attached hydrogens (tertiary/aromatic N) is 1. The molecule has 3 nitrogen and oxygen atoms in total. The van der Waals surface area contributed by atoms with Gasteiger partial charge in [-0.3, -0.25) is 4.79 Å². The summed E-state index contributed by atoms with van der Waals surface area (Å²) in [6.07, 6.45) is -1.20. The first-order valence-electron chi connectivity index (χ1n) is 8.41. The molecule has 0 saturated carbocycles. The van der Waals surface area contributed by atoms with Crippen LogP contribution in [-0.2, 0) is 6.18 Å². The summed E-state index contributed by atoms with van der Waals surface area (Å²) in [5, 5.41) is 1.69. The second-order valence-corrected chi connectivity index (χ2v) is 7.26. The van der Waals surface area contributed by atoms with Crippen molar-refractivity contribution >= 4 is 27.5 Å². The molecule has 0 aliphatic carbocycles. The van der Waals surface area contributed by atoms with Crippen molar-refractivity contribution in [3.63, 3.8) is 0 Å². The summed E-state index contributed by atoms with van der Waals surface area (Å²) in [5.41, 5.74) is 0.401. The number of alkyl halides is 3. The van der Waals surface area contributed by atoms with Crippen molar-refractivity contribution in [3.8, 4) is 11.1 Å². The molecule has 0 bridgehead atoms. The van der Waals surface area contributed by atoms with Gasteiger partial charge in [-0.05, 0) is 37.0 Å². The van der Waals surface area contributed by atoms with Gasteiger partial charge in [0.15, 0.2) is 11.5 Å². The zero-order valence-electron chi connectivity index (χ0n) is 13.8. The van der Waals surface area contributed by atoms with E-state index in [1.54, 1.807) is 11.4 Å². The number of halogens is 3. The number of anilines is 1. The van der Waals surface area contributed by atoms with E-state index in [0.717, 1.165) is 44.5 Å². The molecule has 0 radical (unpaired) electrons. The van der Waals surface area contributed by atoms with Gasteiger partial charge in [-0.2, -0.15) is 13.2 Å². The van der Waals surface area contributed by atoms with Gasteiger partial charge in [-0.15, -0.1) is 11.3 Å². The molecule has 0 atom stereocenters. The van der Waals surface area contributed by atoms with E-state index in [4.69, 9.17) is 4.42 Å². The normalized spacial score (nSPS) is 15.6. The Bertz CT molecular complexity index is 1000. The van der Waals surface area contributed by atoms with Crippen LogP contribution in [-0.4, -0.2) is 13.1 Å². The number of rotatable bonds is 2. The third-order valence-corrected chi connectivity index (χ3v) is 5.57. The summed E-state index contributed by atoms with van der Waals surface area (Å²) < 4.78 is 45.5. The number of thiophene rings is 1. The van der Waals surface area contributed by atoms with Crippen molar-refractivity contribution in [3.05, 3.63) is 51.5 Å². The Hall–Kier alpha value is -2.28. The summed E-state index contributed by atoms with van der Waals surface area (Å²) in [6.45, 7) is 1.63. The molecule has 1 aromatic carbocycles. The third kappa shape index (κ3) is 3.11. The zero-order chi connectivity index (χ0) is 18.3. The molecule has 26 heavy (non-hydrogen) atoms. The van der Waals surface area contributed by atoms with Crippen LogP contribution in [0.4, 0.5) is 19.1 Å². The van der Waals surface area contributed by atoms with Crippen molar-refractivity contribution in [1.29, 1.82) is 0 Å². The van der Waals surface area contributed by atoms with Crippen molar-refractivity contribution in [2.45, 2.75) is 25.4 Å². The molecule has 2 aromatic heterocycles. The summed E-state index contributed by atoms with van der Waals surface area (Å²) in [6, 6.07) is 6.58. The molecular weight excluding hydrogens is 363 g/mol. The Morgan fingerprint density at radius 1 is 1.08 bits per heavy atom. The second-order valence-electron chi connectivity index (χ2n) is 6.38. The monoisotopic (exact) mass is 379 g/mol. The molecule has 3 heterocycles. The minimum atomic E-state index is -4.42. The Kier molecular flexibility index (Phi) is 4.26. The number of piperidine rings is 1. The highest BCUT2D eigenvalue weighted by atomic mass is 32.1. The van der Waals surface area contributed by atoms with Crippen LogP contribution >= 0.6 is 11.3 Å². The standard InChI is InChI=1S/C19H16F3NO2S/c20-19(21,22)13-6-4-5-12(9-13)14-11-26-18-15(24)10-16(25-17(14)18)23-7-2-1-3-8-23/h4-6,9-11H,1-3,7-8H2. The molecule has 0 unspecified atom stereocenters. The molecule has 0 amide bonds. The fourth-order valence-electron chi connectivity index (χ4n) is 3.26. The molecule has 0 N–H and O–H groups in total. The molecule has 7 heteroatoms. The van der Waals surface area contributed by atoms with Gasteiger partial charge >= 0.3 is 6.18 Å². The van der Waals surface area contributed by atoms with E-state index < -0.39 is 11.7 Å². The van der Waals surface area contributed by atoms with Crippen LogP contribution in [0.2, 0.25) is 0 Å². The minimum absolute atomic E-state index is 0.157. The van der Waals surface area contributed by atoms with Gasteiger partial charge in [0.25, 0.3) is 0 Å². The molecule has 1 fully saturated rings. The molecule has 1 saturated heterocycles. The average Bonchev–Trinajstić information content (AvgIpc) is 3.06. The van der Waals surface area contributed by atoms with Crippen molar-refractivity contribution in [2.75, 3.05) is 18.0 Å². The lowest BCUT2D eigenvalue weighted by molar-refractivity contribution is -0.137. The van der Waals surface area contributed by atoms with Crippen LogP contribution in [0.25, 0.3) is 21.4 Å². The predicted molar refractivity (Wildman–Crippen MR) is 96.9 cm³/mol. The van der Waals surface area contributed by atoms with E-state index >= 15 is 0 Å². The van der Waals surface area contributed by atoms with Gasteiger partial charge in [-0.25, -0.2) is 0 Å². The van der Waals surface area contributed by atoms with Gasteiger partial charge in [0.2, 0.25) is 5.43 Å². The molecule has 4 rings (SSSR count). The zero-order valence-corrected chi connectivity index (χ0v) is 14.6. The lowest BCUT2D eigenvalue weighted by atomic mass is 10.0. The van der Waals surface area contributed by atoms with Crippen LogP contribution in [0.5, 0.6) is 0 Å². The lowest BCUT2D eigenvalue weighted by Crippen LogP contribution is -2.29. The topological polar surface area (TPSA) is 33.5 Å².